The van der Waals surface area contributed by atoms with Gasteiger partial charge in [-0.25, -0.2) is 19.9 Å². The number of hydrogen-bond acceptors (Lipinski definition) is 9. The second kappa shape index (κ2) is 9.10. The summed E-state index contributed by atoms with van der Waals surface area (Å²) >= 11 is 0.879. The third-order valence-corrected chi connectivity index (χ3v) is 5.68. The molecule has 0 atom stereocenters. The van der Waals surface area contributed by atoms with Crippen LogP contribution in [0.1, 0.15) is 36.9 Å². The molecule has 3 heterocycles. The van der Waals surface area contributed by atoms with Crippen LogP contribution in [0.5, 0.6) is 0 Å². The van der Waals surface area contributed by atoms with E-state index in [1.54, 1.807) is 18.3 Å². The van der Waals surface area contributed by atoms with E-state index >= 15 is 0 Å². The zero-order valence-electron chi connectivity index (χ0n) is 15.7. The third kappa shape index (κ3) is 5.36. The summed E-state index contributed by atoms with van der Waals surface area (Å²) in [6.07, 6.45) is 12.6. The van der Waals surface area contributed by atoms with Crippen LogP contribution in [-0.4, -0.2) is 43.2 Å². The summed E-state index contributed by atoms with van der Waals surface area (Å²) in [5.74, 6) is 0.146. The number of nitrogens with one attached hydrogen (secondary N) is 3. The maximum atomic E-state index is 11.7. The van der Waals surface area contributed by atoms with Gasteiger partial charge in [0, 0.05) is 42.8 Å². The van der Waals surface area contributed by atoms with Crippen molar-refractivity contribution in [1.29, 1.82) is 0 Å². The number of thioether (sulfide) groups is 1. The number of carbonyl (C=O) groups excluding carboxylic acids is 2. The van der Waals surface area contributed by atoms with Crippen molar-refractivity contribution in [2.75, 3.05) is 5.32 Å². The number of carbonyl (C=O) groups is 2. The first kappa shape index (κ1) is 19.5. The Labute approximate surface area is 172 Å². The highest BCUT2D eigenvalue weighted by molar-refractivity contribution is 8.18. The molecule has 1 saturated heterocycles. The van der Waals surface area contributed by atoms with Gasteiger partial charge in [-0.05, 0) is 49.6 Å². The van der Waals surface area contributed by atoms with Crippen LogP contribution in [0.4, 0.5) is 10.7 Å². The highest BCUT2D eigenvalue weighted by atomic mass is 32.2. The predicted molar refractivity (Wildman–Crippen MR) is 110 cm³/mol. The maximum Gasteiger partial charge on any atom is 0.290 e. The molecule has 2 amide bonds. The molecule has 0 spiro atoms. The zero-order valence-corrected chi connectivity index (χ0v) is 16.5. The van der Waals surface area contributed by atoms with E-state index in [0.717, 1.165) is 49.6 Å². The smallest absolute Gasteiger partial charge is 0.290 e. The van der Waals surface area contributed by atoms with Crippen molar-refractivity contribution in [3.63, 3.8) is 0 Å². The molecule has 2 aromatic rings. The van der Waals surface area contributed by atoms with Crippen LogP contribution in [0.15, 0.2) is 35.9 Å². The SMILES string of the molecule is O=C1NC(=O)C(=Cc2ccnc(NC3CCC(NCc4cncnc4)CC3)n2)S1. The molecule has 2 aliphatic rings. The first-order valence-corrected chi connectivity index (χ1v) is 10.3. The third-order valence-electron chi connectivity index (χ3n) is 4.87. The summed E-state index contributed by atoms with van der Waals surface area (Å²) in [5, 5.41) is 8.83. The molecule has 0 aromatic carbocycles. The highest BCUT2D eigenvalue weighted by Crippen LogP contribution is 2.25. The summed E-state index contributed by atoms with van der Waals surface area (Å²) < 4.78 is 0. The van der Waals surface area contributed by atoms with E-state index in [4.69, 9.17) is 0 Å². The Morgan fingerprint density at radius 2 is 1.90 bits per heavy atom. The van der Waals surface area contributed by atoms with Crippen LogP contribution >= 0.6 is 11.8 Å². The van der Waals surface area contributed by atoms with Crippen molar-refractivity contribution >= 4 is 34.9 Å². The molecule has 1 aliphatic heterocycles. The molecule has 1 aliphatic carbocycles. The van der Waals surface area contributed by atoms with Crippen molar-refractivity contribution in [1.82, 2.24) is 30.6 Å². The minimum absolute atomic E-state index is 0.307. The van der Waals surface area contributed by atoms with Gasteiger partial charge >= 0.3 is 0 Å². The second-order valence-corrected chi connectivity index (χ2v) is 7.99. The quantitative estimate of drug-likeness (QED) is 0.613. The van der Waals surface area contributed by atoms with Crippen molar-refractivity contribution in [2.45, 2.75) is 44.3 Å². The molecule has 9 nitrogen and oxygen atoms in total. The number of rotatable bonds is 6. The number of nitrogens with zero attached hydrogens (tertiary/aromatic N) is 4. The molecule has 4 rings (SSSR count). The van der Waals surface area contributed by atoms with E-state index in [1.165, 1.54) is 6.33 Å². The second-order valence-electron chi connectivity index (χ2n) is 6.98. The highest BCUT2D eigenvalue weighted by Gasteiger charge is 2.25. The van der Waals surface area contributed by atoms with E-state index in [2.05, 4.69) is 35.9 Å². The number of hydrogen-bond donors (Lipinski definition) is 3. The van der Waals surface area contributed by atoms with Gasteiger partial charge in [0.15, 0.2) is 0 Å². The summed E-state index contributed by atoms with van der Waals surface area (Å²) in [5.41, 5.74) is 1.68. The van der Waals surface area contributed by atoms with Crippen LogP contribution in [0.2, 0.25) is 0 Å². The van der Waals surface area contributed by atoms with E-state index in [-0.39, 0.29) is 11.1 Å². The van der Waals surface area contributed by atoms with Crippen LogP contribution < -0.4 is 16.0 Å². The molecule has 0 radical (unpaired) electrons. The predicted octanol–water partition coefficient (Wildman–Crippen LogP) is 2.10. The fraction of sp³-hybridized carbons (Fsp3) is 0.368. The lowest BCUT2D eigenvalue weighted by Gasteiger charge is -2.29. The van der Waals surface area contributed by atoms with Gasteiger partial charge in [-0.15, -0.1) is 0 Å². The fourth-order valence-electron chi connectivity index (χ4n) is 3.39. The first-order chi connectivity index (χ1) is 14.2. The number of amides is 2. The lowest BCUT2D eigenvalue weighted by Crippen LogP contribution is -2.36. The molecule has 2 fully saturated rings. The average Bonchev–Trinajstić information content (AvgIpc) is 3.05. The molecule has 0 unspecified atom stereocenters. The van der Waals surface area contributed by atoms with Gasteiger partial charge in [0.1, 0.15) is 6.33 Å². The molecular weight excluding hydrogens is 390 g/mol. The van der Waals surface area contributed by atoms with E-state index in [9.17, 15) is 9.59 Å². The number of imide groups is 1. The lowest BCUT2D eigenvalue weighted by atomic mass is 9.91. The fourth-order valence-corrected chi connectivity index (χ4v) is 4.05. The molecular formula is C19H21N7O2S. The van der Waals surface area contributed by atoms with Gasteiger partial charge in [-0.3, -0.25) is 14.9 Å². The van der Waals surface area contributed by atoms with Gasteiger partial charge in [-0.1, -0.05) is 0 Å². The molecule has 29 heavy (non-hydrogen) atoms. The summed E-state index contributed by atoms with van der Waals surface area (Å²) in [6.45, 7) is 0.775. The molecule has 3 N–H and O–H groups in total. The van der Waals surface area contributed by atoms with Gasteiger partial charge < -0.3 is 10.6 Å². The summed E-state index contributed by atoms with van der Waals surface area (Å²) in [4.78, 5) is 40.1. The average molecular weight is 411 g/mol. The van der Waals surface area contributed by atoms with Crippen LogP contribution in [0.3, 0.4) is 0 Å². The largest absolute Gasteiger partial charge is 0.351 e. The lowest BCUT2D eigenvalue weighted by molar-refractivity contribution is -0.115. The van der Waals surface area contributed by atoms with Crippen molar-refractivity contribution in [3.05, 3.63) is 47.1 Å². The maximum absolute atomic E-state index is 11.7. The topological polar surface area (TPSA) is 122 Å². The van der Waals surface area contributed by atoms with E-state index in [0.29, 0.717) is 28.6 Å². The molecule has 150 valence electrons. The Balaban J connectivity index is 1.28. The van der Waals surface area contributed by atoms with Crippen LogP contribution in [0.25, 0.3) is 6.08 Å². The number of anilines is 1. The standard InChI is InChI=1S/C19H21N7O2S/c27-17-16(29-19(28)26-17)7-15-5-6-22-18(25-15)24-14-3-1-13(2-4-14)23-10-12-8-20-11-21-9-12/h5-9,11,13-14,23H,1-4,10H2,(H,22,24,25)(H,26,27,28). The van der Waals surface area contributed by atoms with Crippen LogP contribution in [-0.2, 0) is 11.3 Å². The van der Waals surface area contributed by atoms with Gasteiger partial charge in [0.2, 0.25) is 5.95 Å². The molecule has 2 aromatic heterocycles. The normalized spacial score (nSPS) is 23.2. The van der Waals surface area contributed by atoms with Gasteiger partial charge in [0.05, 0.1) is 10.6 Å². The Morgan fingerprint density at radius 1 is 1.14 bits per heavy atom. The molecule has 1 saturated carbocycles. The van der Waals surface area contributed by atoms with Crippen molar-refractivity contribution in [2.24, 2.45) is 0 Å². The minimum atomic E-state index is -0.388. The van der Waals surface area contributed by atoms with Crippen molar-refractivity contribution < 1.29 is 9.59 Å². The Bertz CT molecular complexity index is 914. The summed E-state index contributed by atoms with van der Waals surface area (Å²) in [7, 11) is 0. The summed E-state index contributed by atoms with van der Waals surface area (Å²) in [6, 6.07) is 2.49. The van der Waals surface area contributed by atoms with Crippen molar-refractivity contribution in [3.8, 4) is 0 Å². The molecule has 0 bridgehead atoms. The number of aromatic nitrogens is 4. The monoisotopic (exact) mass is 411 g/mol. The van der Waals surface area contributed by atoms with E-state index < -0.39 is 0 Å². The Morgan fingerprint density at radius 3 is 2.62 bits per heavy atom. The van der Waals surface area contributed by atoms with Gasteiger partial charge in [0.25, 0.3) is 11.1 Å². The first-order valence-electron chi connectivity index (χ1n) is 9.47. The molecule has 10 heteroatoms. The Kier molecular flexibility index (Phi) is 6.11. The minimum Gasteiger partial charge on any atom is -0.351 e. The van der Waals surface area contributed by atoms with E-state index in [1.807, 2.05) is 12.4 Å². The zero-order chi connectivity index (χ0) is 20.1. The van der Waals surface area contributed by atoms with Crippen LogP contribution in [0, 0.1) is 0 Å². The Hall–Kier alpha value is -2.85. The van der Waals surface area contributed by atoms with Gasteiger partial charge in [-0.2, -0.15) is 0 Å².